The lowest BCUT2D eigenvalue weighted by atomic mass is 10.2. The van der Waals surface area contributed by atoms with E-state index in [0.29, 0.717) is 13.0 Å². The average Bonchev–Trinajstić information content (AvgIpc) is 2.38. The maximum Gasteiger partial charge on any atom is 0.451 e. The monoisotopic (exact) mass is 283 g/mol. The molecular formula is C12H12F3N5. The van der Waals surface area contributed by atoms with Gasteiger partial charge in [0.15, 0.2) is 0 Å². The van der Waals surface area contributed by atoms with Crippen LogP contribution in [0.3, 0.4) is 0 Å². The van der Waals surface area contributed by atoms with Crippen LogP contribution in [0, 0.1) is 0 Å². The Morgan fingerprint density at radius 1 is 1.25 bits per heavy atom. The van der Waals surface area contributed by atoms with E-state index >= 15 is 0 Å². The summed E-state index contributed by atoms with van der Waals surface area (Å²) in [6.45, 7) is 0.416. The van der Waals surface area contributed by atoms with Crippen molar-refractivity contribution in [3.63, 3.8) is 0 Å². The minimum Gasteiger partial charge on any atom is -0.384 e. The molecule has 0 bridgehead atoms. The lowest BCUT2D eigenvalue weighted by Crippen LogP contribution is -2.15. The van der Waals surface area contributed by atoms with Gasteiger partial charge in [-0.2, -0.15) is 13.2 Å². The molecule has 0 saturated heterocycles. The van der Waals surface area contributed by atoms with Crippen molar-refractivity contribution in [1.29, 1.82) is 0 Å². The van der Waals surface area contributed by atoms with E-state index in [1.165, 1.54) is 6.07 Å². The van der Waals surface area contributed by atoms with Crippen molar-refractivity contribution < 1.29 is 13.2 Å². The summed E-state index contributed by atoms with van der Waals surface area (Å²) in [4.78, 5) is 10.5. The van der Waals surface area contributed by atoms with Crippen molar-refractivity contribution >= 4 is 11.6 Å². The predicted octanol–water partition coefficient (Wildman–Crippen LogP) is 2.13. The number of rotatable bonds is 4. The van der Waals surface area contributed by atoms with Gasteiger partial charge >= 0.3 is 6.18 Å². The molecule has 106 valence electrons. The second-order valence-corrected chi connectivity index (χ2v) is 4.04. The molecule has 0 atom stereocenters. The molecule has 20 heavy (non-hydrogen) atoms. The third-order valence-electron chi connectivity index (χ3n) is 2.44. The maximum absolute atomic E-state index is 12.5. The Hall–Kier alpha value is -2.38. The van der Waals surface area contributed by atoms with Crippen molar-refractivity contribution in [2.45, 2.75) is 12.6 Å². The van der Waals surface area contributed by atoms with Crippen LogP contribution >= 0.6 is 0 Å². The average molecular weight is 283 g/mol. The summed E-state index contributed by atoms with van der Waals surface area (Å²) >= 11 is 0. The lowest BCUT2D eigenvalue weighted by molar-refractivity contribution is -0.144. The highest BCUT2D eigenvalue weighted by molar-refractivity contribution is 5.45. The first-order valence-corrected chi connectivity index (χ1v) is 5.79. The molecule has 2 heterocycles. The molecule has 2 aromatic heterocycles. The Morgan fingerprint density at radius 2 is 2.05 bits per heavy atom. The number of nitrogen functional groups attached to an aromatic ring is 1. The molecule has 0 aliphatic carbocycles. The zero-order valence-electron chi connectivity index (χ0n) is 10.4. The SMILES string of the molecule is Nc1cc(NCCc2cccnc2)nc(C(F)(F)F)n1. The summed E-state index contributed by atoms with van der Waals surface area (Å²) in [5.74, 6) is -1.42. The smallest absolute Gasteiger partial charge is 0.384 e. The zero-order chi connectivity index (χ0) is 14.6. The third kappa shape index (κ3) is 3.81. The number of alkyl halides is 3. The van der Waals surface area contributed by atoms with Gasteiger partial charge in [0, 0.05) is 25.0 Å². The summed E-state index contributed by atoms with van der Waals surface area (Å²) in [5.41, 5.74) is 6.31. The van der Waals surface area contributed by atoms with Gasteiger partial charge in [0.1, 0.15) is 11.6 Å². The molecule has 2 aromatic rings. The number of nitrogens with two attached hydrogens (primary N) is 1. The fourth-order valence-corrected chi connectivity index (χ4v) is 1.56. The molecule has 0 aliphatic rings. The van der Waals surface area contributed by atoms with Gasteiger partial charge in [-0.05, 0) is 18.1 Å². The Balaban J connectivity index is 2.01. The second kappa shape index (κ2) is 5.72. The van der Waals surface area contributed by atoms with Crippen LogP contribution < -0.4 is 11.1 Å². The van der Waals surface area contributed by atoms with Crippen LogP contribution in [0.2, 0.25) is 0 Å². The van der Waals surface area contributed by atoms with E-state index in [9.17, 15) is 13.2 Å². The molecule has 5 nitrogen and oxygen atoms in total. The second-order valence-electron chi connectivity index (χ2n) is 4.04. The van der Waals surface area contributed by atoms with Crippen LogP contribution in [0.5, 0.6) is 0 Å². The molecule has 0 amide bonds. The molecule has 0 unspecified atom stereocenters. The van der Waals surface area contributed by atoms with Gasteiger partial charge in [-0.3, -0.25) is 4.98 Å². The number of hydrogen-bond donors (Lipinski definition) is 2. The van der Waals surface area contributed by atoms with E-state index in [0.717, 1.165) is 5.56 Å². The van der Waals surface area contributed by atoms with Gasteiger partial charge in [-0.25, -0.2) is 9.97 Å². The summed E-state index contributed by atoms with van der Waals surface area (Å²) in [7, 11) is 0. The number of aromatic nitrogens is 3. The highest BCUT2D eigenvalue weighted by atomic mass is 19.4. The molecule has 0 radical (unpaired) electrons. The molecule has 0 saturated carbocycles. The van der Waals surface area contributed by atoms with Gasteiger partial charge in [0.05, 0.1) is 0 Å². The van der Waals surface area contributed by atoms with Crippen molar-refractivity contribution in [3.05, 3.63) is 42.0 Å². The highest BCUT2D eigenvalue weighted by Gasteiger charge is 2.35. The van der Waals surface area contributed by atoms with Crippen LogP contribution in [0.15, 0.2) is 30.6 Å². The largest absolute Gasteiger partial charge is 0.451 e. The third-order valence-corrected chi connectivity index (χ3v) is 2.44. The highest BCUT2D eigenvalue weighted by Crippen LogP contribution is 2.27. The Morgan fingerprint density at radius 3 is 2.70 bits per heavy atom. The van der Waals surface area contributed by atoms with E-state index < -0.39 is 12.0 Å². The van der Waals surface area contributed by atoms with Crippen LogP contribution in [-0.4, -0.2) is 21.5 Å². The van der Waals surface area contributed by atoms with Gasteiger partial charge in [-0.1, -0.05) is 6.07 Å². The van der Waals surface area contributed by atoms with Crippen LogP contribution in [0.1, 0.15) is 11.4 Å². The summed E-state index contributed by atoms with van der Waals surface area (Å²) in [6.07, 6.45) is -0.664. The van der Waals surface area contributed by atoms with Crippen molar-refractivity contribution in [2.75, 3.05) is 17.6 Å². The molecule has 0 aromatic carbocycles. The normalized spacial score (nSPS) is 11.3. The van der Waals surface area contributed by atoms with E-state index in [1.807, 2.05) is 6.07 Å². The maximum atomic E-state index is 12.5. The van der Waals surface area contributed by atoms with Gasteiger partial charge in [0.2, 0.25) is 5.82 Å². The van der Waals surface area contributed by atoms with Gasteiger partial charge in [-0.15, -0.1) is 0 Å². The van der Waals surface area contributed by atoms with Crippen molar-refractivity contribution in [1.82, 2.24) is 15.0 Å². The van der Waals surface area contributed by atoms with Crippen molar-refractivity contribution in [2.24, 2.45) is 0 Å². The first kappa shape index (κ1) is 14.0. The number of nitrogens with one attached hydrogen (secondary N) is 1. The first-order valence-electron chi connectivity index (χ1n) is 5.79. The topological polar surface area (TPSA) is 76.7 Å². The summed E-state index contributed by atoms with van der Waals surface area (Å²) in [6, 6.07) is 4.93. The number of halogens is 3. The van der Waals surface area contributed by atoms with Crippen LogP contribution in [0.4, 0.5) is 24.8 Å². The number of nitrogens with zero attached hydrogens (tertiary/aromatic N) is 3. The van der Waals surface area contributed by atoms with E-state index in [1.54, 1.807) is 18.5 Å². The van der Waals surface area contributed by atoms with Crippen LogP contribution in [0.25, 0.3) is 0 Å². The fraction of sp³-hybridized carbons (Fsp3) is 0.250. The summed E-state index contributed by atoms with van der Waals surface area (Å²) in [5, 5.41) is 2.79. The standard InChI is InChI=1S/C12H12F3N5/c13-12(14,15)11-19-9(16)6-10(20-11)18-5-3-8-2-1-4-17-7-8/h1-2,4,6-7H,3,5H2,(H3,16,18,19,20). The van der Waals surface area contributed by atoms with E-state index in [-0.39, 0.29) is 11.6 Å². The minimum atomic E-state index is -4.62. The summed E-state index contributed by atoms with van der Waals surface area (Å²) < 4.78 is 37.6. The van der Waals surface area contributed by atoms with E-state index in [4.69, 9.17) is 5.73 Å². The predicted molar refractivity (Wildman–Crippen MR) is 67.9 cm³/mol. The first-order chi connectivity index (χ1) is 9.45. The molecule has 0 fully saturated rings. The van der Waals surface area contributed by atoms with E-state index in [2.05, 4.69) is 20.3 Å². The zero-order valence-corrected chi connectivity index (χ0v) is 10.4. The number of hydrogen-bond acceptors (Lipinski definition) is 5. The Labute approximate surface area is 113 Å². The molecule has 0 spiro atoms. The van der Waals surface area contributed by atoms with Crippen molar-refractivity contribution in [3.8, 4) is 0 Å². The quantitative estimate of drug-likeness (QED) is 0.898. The van der Waals surface area contributed by atoms with Gasteiger partial charge < -0.3 is 11.1 Å². The molecular weight excluding hydrogens is 271 g/mol. The molecule has 2 rings (SSSR count). The van der Waals surface area contributed by atoms with Crippen LogP contribution in [-0.2, 0) is 12.6 Å². The van der Waals surface area contributed by atoms with Gasteiger partial charge in [0.25, 0.3) is 0 Å². The molecule has 8 heteroatoms. The number of anilines is 2. The Kier molecular flexibility index (Phi) is 4.02. The minimum absolute atomic E-state index is 0.0497. The fourth-order valence-electron chi connectivity index (χ4n) is 1.56. The lowest BCUT2D eigenvalue weighted by Gasteiger charge is -2.10. The number of pyridine rings is 1. The molecule has 3 N–H and O–H groups in total. The molecule has 0 aliphatic heterocycles. The Bertz CT molecular complexity index is 571.